The number of hydrogen-bond donors (Lipinski definition) is 1. The van der Waals surface area contributed by atoms with Gasteiger partial charge in [0.15, 0.2) is 5.78 Å². The lowest BCUT2D eigenvalue weighted by molar-refractivity contribution is -0.0496. The van der Waals surface area contributed by atoms with Crippen LogP contribution in [0.5, 0.6) is 34.5 Å². The van der Waals surface area contributed by atoms with Crippen LogP contribution in [0, 0.1) is 0 Å². The van der Waals surface area contributed by atoms with Gasteiger partial charge in [-0.3, -0.25) is 19.9 Å². The number of rotatable bonds is 14. The first-order valence-corrected chi connectivity index (χ1v) is 12.4. The van der Waals surface area contributed by atoms with Crippen LogP contribution in [0.25, 0.3) is 0 Å². The van der Waals surface area contributed by atoms with Crippen LogP contribution >= 0.6 is 0 Å². The van der Waals surface area contributed by atoms with Crippen LogP contribution in [-0.2, 0) is 6.54 Å². The van der Waals surface area contributed by atoms with E-state index in [0.29, 0.717) is 11.5 Å². The molecule has 216 valence electrons. The van der Waals surface area contributed by atoms with Crippen molar-refractivity contribution in [1.82, 2.24) is 5.06 Å². The zero-order valence-corrected chi connectivity index (χ0v) is 23.8. The Morgan fingerprint density at radius 3 is 1.59 bits per heavy atom. The summed E-state index contributed by atoms with van der Waals surface area (Å²) in [5, 5.41) is 11.6. The number of benzene rings is 3. The SMILES string of the molecule is COc1cc(OC)c(C(=O)/C=C/C(=C\N(O)Cc2ccccc2)C(=O)c2c(OC)cc(OC)cc2OC)c(OC)c1. The van der Waals surface area contributed by atoms with E-state index in [4.69, 9.17) is 28.4 Å². The second-order valence-corrected chi connectivity index (χ2v) is 8.51. The van der Waals surface area contributed by atoms with E-state index < -0.39 is 11.6 Å². The number of ketones is 2. The molecule has 0 fully saturated rings. The standard InChI is InChI=1S/C31H33NO9/c1-36-22-14-25(38-3)29(26(15-22)39-4)24(33)13-12-21(19-32(35)18-20-10-8-7-9-11-20)31(34)30-27(40-5)16-23(37-2)17-28(30)41-6/h7-17,19,35H,18H2,1-6H3/b13-12+,21-19+. The summed E-state index contributed by atoms with van der Waals surface area (Å²) in [7, 11) is 8.60. The molecule has 0 saturated heterocycles. The summed E-state index contributed by atoms with van der Waals surface area (Å²) in [6.07, 6.45) is 3.71. The molecule has 0 aliphatic rings. The minimum absolute atomic E-state index is 0.0370. The number of allylic oxidation sites excluding steroid dienone is 3. The molecule has 0 spiro atoms. The zero-order chi connectivity index (χ0) is 29.9. The molecular weight excluding hydrogens is 530 g/mol. The van der Waals surface area contributed by atoms with E-state index in [9.17, 15) is 14.8 Å². The minimum atomic E-state index is -0.578. The first-order chi connectivity index (χ1) is 19.8. The first kappa shape index (κ1) is 30.6. The molecular formula is C31H33NO9. The van der Waals surface area contributed by atoms with Crippen molar-refractivity contribution in [3.63, 3.8) is 0 Å². The van der Waals surface area contributed by atoms with Gasteiger partial charge >= 0.3 is 0 Å². The Morgan fingerprint density at radius 1 is 0.683 bits per heavy atom. The highest BCUT2D eigenvalue weighted by Crippen LogP contribution is 2.37. The highest BCUT2D eigenvalue weighted by molar-refractivity contribution is 6.16. The highest BCUT2D eigenvalue weighted by Gasteiger charge is 2.24. The van der Waals surface area contributed by atoms with Crippen molar-refractivity contribution in [1.29, 1.82) is 0 Å². The van der Waals surface area contributed by atoms with Crippen molar-refractivity contribution in [3.05, 3.63) is 95.2 Å². The van der Waals surface area contributed by atoms with Gasteiger partial charge in [0.05, 0.1) is 49.2 Å². The summed E-state index contributed by atoms with van der Waals surface area (Å²) in [5.41, 5.74) is 0.964. The monoisotopic (exact) mass is 563 g/mol. The number of Topliss-reactive ketones (excluding diaryl/α,β-unsaturated/α-hetero) is 1. The van der Waals surface area contributed by atoms with Crippen molar-refractivity contribution in [2.24, 2.45) is 0 Å². The van der Waals surface area contributed by atoms with Crippen LogP contribution < -0.4 is 28.4 Å². The second kappa shape index (κ2) is 14.4. The van der Waals surface area contributed by atoms with E-state index in [1.807, 2.05) is 30.3 Å². The van der Waals surface area contributed by atoms with Gasteiger partial charge in [0.2, 0.25) is 5.78 Å². The summed E-state index contributed by atoms with van der Waals surface area (Å²) < 4.78 is 32.3. The number of ether oxygens (including phenoxy) is 6. The summed E-state index contributed by atoms with van der Waals surface area (Å²) in [6, 6.07) is 15.4. The molecule has 3 aromatic rings. The summed E-state index contributed by atoms with van der Waals surface area (Å²) in [6.45, 7) is 0.0798. The number of hydrogen-bond acceptors (Lipinski definition) is 10. The van der Waals surface area contributed by atoms with Crippen LogP contribution in [0.1, 0.15) is 26.3 Å². The molecule has 10 heteroatoms. The summed E-state index contributed by atoms with van der Waals surface area (Å²) >= 11 is 0. The van der Waals surface area contributed by atoms with Crippen molar-refractivity contribution in [3.8, 4) is 34.5 Å². The van der Waals surface area contributed by atoms with Crippen LogP contribution in [0.4, 0.5) is 0 Å². The Kier molecular flexibility index (Phi) is 10.8. The molecule has 1 N–H and O–H groups in total. The average molecular weight is 564 g/mol. The molecule has 0 unspecified atom stereocenters. The maximum atomic E-state index is 13.9. The van der Waals surface area contributed by atoms with E-state index in [1.165, 1.54) is 73.1 Å². The third kappa shape index (κ3) is 7.37. The summed E-state index contributed by atoms with van der Waals surface area (Å²) in [4.78, 5) is 27.3. The minimum Gasteiger partial charge on any atom is -0.496 e. The van der Waals surface area contributed by atoms with Crippen LogP contribution in [-0.4, -0.2) is 64.5 Å². The third-order valence-corrected chi connectivity index (χ3v) is 6.06. The molecule has 0 radical (unpaired) electrons. The number of nitrogens with zero attached hydrogens (tertiary/aromatic N) is 1. The molecule has 10 nitrogen and oxygen atoms in total. The van der Waals surface area contributed by atoms with Crippen molar-refractivity contribution in [2.75, 3.05) is 42.7 Å². The lowest BCUT2D eigenvalue weighted by Gasteiger charge is -2.17. The van der Waals surface area contributed by atoms with E-state index >= 15 is 0 Å². The Morgan fingerprint density at radius 2 is 1.15 bits per heavy atom. The van der Waals surface area contributed by atoms with Gasteiger partial charge in [-0.15, -0.1) is 0 Å². The summed E-state index contributed by atoms with van der Waals surface area (Å²) in [5.74, 6) is 0.569. The Hall–Kier alpha value is -4.96. The fourth-order valence-corrected chi connectivity index (χ4v) is 4.03. The first-order valence-electron chi connectivity index (χ1n) is 12.4. The van der Waals surface area contributed by atoms with E-state index in [-0.39, 0.29) is 46.2 Å². The van der Waals surface area contributed by atoms with Gasteiger partial charge in [0.1, 0.15) is 45.6 Å². The Bertz CT molecular complexity index is 1380. The topological polar surface area (TPSA) is 113 Å². The maximum Gasteiger partial charge on any atom is 0.202 e. The molecule has 41 heavy (non-hydrogen) atoms. The van der Waals surface area contributed by atoms with Gasteiger partial charge in [-0.1, -0.05) is 30.3 Å². The highest BCUT2D eigenvalue weighted by atomic mass is 16.5. The smallest absolute Gasteiger partial charge is 0.202 e. The zero-order valence-electron chi connectivity index (χ0n) is 23.8. The van der Waals surface area contributed by atoms with Gasteiger partial charge < -0.3 is 28.4 Å². The maximum absolute atomic E-state index is 13.9. The fourth-order valence-electron chi connectivity index (χ4n) is 4.03. The normalized spacial score (nSPS) is 11.1. The molecule has 0 aliphatic carbocycles. The molecule has 0 amide bonds. The molecule has 0 aliphatic heterocycles. The average Bonchev–Trinajstić information content (AvgIpc) is 3.01. The molecule has 0 heterocycles. The van der Waals surface area contributed by atoms with Crippen LogP contribution in [0.15, 0.2) is 78.5 Å². The number of carbonyl (C=O) groups is 2. The molecule has 0 bridgehead atoms. The van der Waals surface area contributed by atoms with Gasteiger partial charge in [-0.2, -0.15) is 0 Å². The van der Waals surface area contributed by atoms with E-state index in [0.717, 1.165) is 10.6 Å². The largest absolute Gasteiger partial charge is 0.496 e. The lowest BCUT2D eigenvalue weighted by atomic mass is 9.99. The Labute approximate surface area is 238 Å². The van der Waals surface area contributed by atoms with Crippen molar-refractivity contribution < 1.29 is 43.2 Å². The third-order valence-electron chi connectivity index (χ3n) is 6.06. The molecule has 0 aromatic heterocycles. The number of methoxy groups -OCH3 is 6. The number of carbonyl (C=O) groups excluding carboxylic acids is 2. The molecule has 3 rings (SSSR count). The molecule has 3 aromatic carbocycles. The fraction of sp³-hybridized carbons (Fsp3) is 0.226. The second-order valence-electron chi connectivity index (χ2n) is 8.51. The van der Waals surface area contributed by atoms with Crippen molar-refractivity contribution in [2.45, 2.75) is 6.54 Å². The van der Waals surface area contributed by atoms with Crippen LogP contribution in [0.3, 0.4) is 0 Å². The van der Waals surface area contributed by atoms with E-state index in [2.05, 4.69) is 0 Å². The predicted octanol–water partition coefficient (Wildman–Crippen LogP) is 5.14. The van der Waals surface area contributed by atoms with Gasteiger partial charge in [-0.25, -0.2) is 0 Å². The number of hydroxylamine groups is 2. The quantitative estimate of drug-likeness (QED) is 0.122. The Balaban J connectivity index is 2.11. The predicted molar refractivity (Wildman–Crippen MR) is 152 cm³/mol. The van der Waals surface area contributed by atoms with Gasteiger partial charge in [-0.05, 0) is 17.7 Å². The van der Waals surface area contributed by atoms with Gasteiger partial charge in [0, 0.05) is 36.0 Å². The lowest BCUT2D eigenvalue weighted by Crippen LogP contribution is -2.15. The molecule has 0 saturated carbocycles. The van der Waals surface area contributed by atoms with Crippen molar-refractivity contribution >= 4 is 11.6 Å². The van der Waals surface area contributed by atoms with E-state index in [1.54, 1.807) is 12.1 Å². The van der Waals surface area contributed by atoms with Gasteiger partial charge in [0.25, 0.3) is 0 Å². The molecule has 0 atom stereocenters. The van der Waals surface area contributed by atoms with Crippen LogP contribution in [0.2, 0.25) is 0 Å².